The second-order valence-electron chi connectivity index (χ2n) is 2.13. The van der Waals surface area contributed by atoms with E-state index in [1.807, 2.05) is 6.07 Å². The third-order valence-electron chi connectivity index (χ3n) is 1.34. The Kier molecular flexibility index (Phi) is 2.49. The van der Waals surface area contributed by atoms with E-state index in [1.165, 1.54) is 0 Å². The predicted molar refractivity (Wildman–Crippen MR) is 49.4 cm³/mol. The Morgan fingerprint density at radius 2 is 2.27 bits per heavy atom. The second kappa shape index (κ2) is 3.39. The number of aliphatic imine (C=N–C) groups is 1. The number of hydrogen-bond acceptors (Lipinski definition) is 2. The molecule has 0 heterocycles. The van der Waals surface area contributed by atoms with Crippen molar-refractivity contribution >= 4 is 23.5 Å². The number of benzene rings is 1. The highest BCUT2D eigenvalue weighted by molar-refractivity contribution is 6.33. The zero-order valence-electron chi connectivity index (χ0n) is 6.21. The average Bonchev–Trinajstić information content (AvgIpc) is 1.97. The number of nitrogen functional groups attached to an aromatic ring is 1. The molecule has 1 aromatic carbocycles. The highest BCUT2D eigenvalue weighted by atomic mass is 35.5. The maximum Gasteiger partial charge on any atom is 0.0514 e. The van der Waals surface area contributed by atoms with Crippen LogP contribution in [0.15, 0.2) is 23.2 Å². The zero-order chi connectivity index (χ0) is 8.27. The van der Waals surface area contributed by atoms with Gasteiger partial charge in [0.2, 0.25) is 0 Å². The van der Waals surface area contributed by atoms with Crippen molar-refractivity contribution in [2.45, 2.75) is 0 Å². The van der Waals surface area contributed by atoms with Gasteiger partial charge in [-0.1, -0.05) is 17.7 Å². The Labute approximate surface area is 70.7 Å². The van der Waals surface area contributed by atoms with Crippen molar-refractivity contribution in [1.29, 1.82) is 0 Å². The zero-order valence-corrected chi connectivity index (χ0v) is 6.97. The van der Waals surface area contributed by atoms with E-state index in [2.05, 4.69) is 4.99 Å². The van der Waals surface area contributed by atoms with Crippen molar-refractivity contribution in [3.63, 3.8) is 0 Å². The molecule has 2 nitrogen and oxygen atoms in total. The fraction of sp³-hybridized carbons (Fsp3) is 0.125. The molecule has 0 aliphatic carbocycles. The first kappa shape index (κ1) is 8.08. The van der Waals surface area contributed by atoms with E-state index in [0.717, 1.165) is 5.56 Å². The second-order valence-corrected chi connectivity index (χ2v) is 2.54. The molecule has 0 unspecified atom stereocenters. The molecule has 0 fully saturated rings. The standard InChI is InChI=1S/C8H9ClN2/c1-11-5-6-7(9)3-2-4-8(6)10/h2-5H,10H2,1H3. The van der Waals surface area contributed by atoms with E-state index >= 15 is 0 Å². The lowest BCUT2D eigenvalue weighted by Crippen LogP contribution is -1.93. The number of halogens is 1. The molecule has 0 aliphatic rings. The van der Waals surface area contributed by atoms with Crippen molar-refractivity contribution in [2.24, 2.45) is 4.99 Å². The Hall–Kier alpha value is -1.02. The van der Waals surface area contributed by atoms with Gasteiger partial charge in [-0.05, 0) is 12.1 Å². The smallest absolute Gasteiger partial charge is 0.0514 e. The van der Waals surface area contributed by atoms with E-state index in [4.69, 9.17) is 17.3 Å². The molecule has 3 heteroatoms. The van der Waals surface area contributed by atoms with Crippen molar-refractivity contribution in [1.82, 2.24) is 0 Å². The summed E-state index contributed by atoms with van der Waals surface area (Å²) in [6.45, 7) is 0. The van der Waals surface area contributed by atoms with Gasteiger partial charge in [0.1, 0.15) is 0 Å². The van der Waals surface area contributed by atoms with E-state index in [-0.39, 0.29) is 0 Å². The van der Waals surface area contributed by atoms with Crippen LogP contribution in [0.2, 0.25) is 5.02 Å². The summed E-state index contributed by atoms with van der Waals surface area (Å²) in [6.07, 6.45) is 1.65. The first-order valence-corrected chi connectivity index (χ1v) is 3.59. The maximum absolute atomic E-state index is 5.84. The van der Waals surface area contributed by atoms with E-state index in [9.17, 15) is 0 Å². The molecule has 0 spiro atoms. The first-order valence-electron chi connectivity index (χ1n) is 3.22. The SMILES string of the molecule is CN=Cc1c(N)cccc1Cl. The molecule has 2 N–H and O–H groups in total. The van der Waals surface area contributed by atoms with Crippen LogP contribution < -0.4 is 5.73 Å². The predicted octanol–water partition coefficient (Wildman–Crippen LogP) is 1.97. The summed E-state index contributed by atoms with van der Waals surface area (Å²) in [5.41, 5.74) is 7.08. The molecule has 0 aliphatic heterocycles. The summed E-state index contributed by atoms with van der Waals surface area (Å²) >= 11 is 5.84. The largest absolute Gasteiger partial charge is 0.398 e. The quantitative estimate of drug-likeness (QED) is 0.506. The topological polar surface area (TPSA) is 38.4 Å². The summed E-state index contributed by atoms with van der Waals surface area (Å²) in [6, 6.07) is 5.39. The summed E-state index contributed by atoms with van der Waals surface area (Å²) < 4.78 is 0. The van der Waals surface area contributed by atoms with Gasteiger partial charge >= 0.3 is 0 Å². The van der Waals surface area contributed by atoms with Crippen LogP contribution in [0.3, 0.4) is 0 Å². The van der Waals surface area contributed by atoms with E-state index in [0.29, 0.717) is 10.7 Å². The van der Waals surface area contributed by atoms with Gasteiger partial charge in [-0.25, -0.2) is 0 Å². The summed E-state index contributed by atoms with van der Waals surface area (Å²) in [5.74, 6) is 0. The van der Waals surface area contributed by atoms with Gasteiger partial charge in [0.25, 0.3) is 0 Å². The minimum Gasteiger partial charge on any atom is -0.398 e. The molecule has 1 rings (SSSR count). The van der Waals surface area contributed by atoms with Crippen molar-refractivity contribution in [2.75, 3.05) is 12.8 Å². The van der Waals surface area contributed by atoms with Crippen LogP contribution in [0.4, 0.5) is 5.69 Å². The number of nitrogens with zero attached hydrogens (tertiary/aromatic N) is 1. The minimum absolute atomic E-state index is 0.635. The molecular weight excluding hydrogens is 160 g/mol. The first-order chi connectivity index (χ1) is 5.25. The normalized spacial score (nSPS) is 10.7. The van der Waals surface area contributed by atoms with Gasteiger partial charge in [0.15, 0.2) is 0 Å². The Morgan fingerprint density at radius 3 is 2.82 bits per heavy atom. The molecule has 0 aromatic heterocycles. The highest BCUT2D eigenvalue weighted by Crippen LogP contribution is 2.19. The summed E-state index contributed by atoms with van der Waals surface area (Å²) in [4.78, 5) is 3.84. The van der Waals surface area contributed by atoms with Crippen molar-refractivity contribution in [3.8, 4) is 0 Å². The van der Waals surface area contributed by atoms with Gasteiger partial charge in [-0.2, -0.15) is 0 Å². The number of hydrogen-bond donors (Lipinski definition) is 1. The van der Waals surface area contributed by atoms with Crippen LogP contribution in [0.5, 0.6) is 0 Å². The third-order valence-corrected chi connectivity index (χ3v) is 1.67. The molecule has 58 valence electrons. The highest BCUT2D eigenvalue weighted by Gasteiger charge is 1.99. The van der Waals surface area contributed by atoms with E-state index < -0.39 is 0 Å². The van der Waals surface area contributed by atoms with Crippen LogP contribution in [0.1, 0.15) is 5.56 Å². The Bertz CT molecular complexity index is 261. The van der Waals surface area contributed by atoms with E-state index in [1.54, 1.807) is 25.4 Å². The number of rotatable bonds is 1. The van der Waals surface area contributed by atoms with Gasteiger partial charge in [-0.15, -0.1) is 0 Å². The monoisotopic (exact) mass is 168 g/mol. The van der Waals surface area contributed by atoms with Crippen LogP contribution in [0.25, 0.3) is 0 Å². The number of nitrogens with two attached hydrogens (primary N) is 1. The Morgan fingerprint density at radius 1 is 1.55 bits per heavy atom. The van der Waals surface area contributed by atoms with Gasteiger partial charge in [0, 0.05) is 24.5 Å². The lowest BCUT2D eigenvalue weighted by Gasteiger charge is -2.00. The molecule has 11 heavy (non-hydrogen) atoms. The molecule has 0 atom stereocenters. The third kappa shape index (κ3) is 1.71. The maximum atomic E-state index is 5.84. The molecule has 0 radical (unpaired) electrons. The van der Waals surface area contributed by atoms with Gasteiger partial charge in [-0.3, -0.25) is 4.99 Å². The average molecular weight is 169 g/mol. The van der Waals surface area contributed by atoms with Gasteiger partial charge < -0.3 is 5.73 Å². The fourth-order valence-electron chi connectivity index (χ4n) is 0.819. The molecule has 0 saturated carbocycles. The fourth-order valence-corrected chi connectivity index (χ4v) is 1.05. The van der Waals surface area contributed by atoms with Crippen molar-refractivity contribution in [3.05, 3.63) is 28.8 Å². The summed E-state index contributed by atoms with van der Waals surface area (Å²) in [7, 11) is 1.68. The summed E-state index contributed by atoms with van der Waals surface area (Å²) in [5, 5.41) is 0.635. The molecule has 0 saturated heterocycles. The molecule has 0 amide bonds. The minimum atomic E-state index is 0.635. The Balaban J connectivity index is 3.20. The molecular formula is C8H9ClN2. The van der Waals surface area contributed by atoms with Gasteiger partial charge in [0.05, 0.1) is 5.02 Å². The van der Waals surface area contributed by atoms with Crippen LogP contribution >= 0.6 is 11.6 Å². The molecule has 1 aromatic rings. The lowest BCUT2D eigenvalue weighted by atomic mass is 10.2. The lowest BCUT2D eigenvalue weighted by molar-refractivity contribution is 1.46. The number of anilines is 1. The van der Waals surface area contributed by atoms with Crippen LogP contribution in [0, 0.1) is 0 Å². The van der Waals surface area contributed by atoms with Crippen LogP contribution in [-0.4, -0.2) is 13.3 Å². The molecule has 0 bridgehead atoms. The van der Waals surface area contributed by atoms with Crippen molar-refractivity contribution < 1.29 is 0 Å². The van der Waals surface area contributed by atoms with Crippen LogP contribution in [-0.2, 0) is 0 Å².